The molecule has 1 aliphatic rings. The average molecular weight is 261 g/mol. The van der Waals surface area contributed by atoms with Gasteiger partial charge in [-0.25, -0.2) is 0 Å². The van der Waals surface area contributed by atoms with Gasteiger partial charge in [-0.3, -0.25) is 4.98 Å². The van der Waals surface area contributed by atoms with Gasteiger partial charge in [0.05, 0.1) is 5.69 Å². The van der Waals surface area contributed by atoms with Gasteiger partial charge in [0.25, 0.3) is 0 Å². The minimum atomic E-state index is 0.268. The predicted molar refractivity (Wildman–Crippen MR) is 81.4 cm³/mol. The quantitative estimate of drug-likeness (QED) is 0.882. The Morgan fingerprint density at radius 2 is 2.11 bits per heavy atom. The summed E-state index contributed by atoms with van der Waals surface area (Å²) in [5.41, 5.74) is 2.66. The van der Waals surface area contributed by atoms with Crippen molar-refractivity contribution in [1.82, 2.24) is 10.3 Å². The van der Waals surface area contributed by atoms with Crippen LogP contribution in [0.4, 0.5) is 5.69 Å². The van der Waals surface area contributed by atoms with E-state index in [-0.39, 0.29) is 5.41 Å². The molecule has 1 heterocycles. The van der Waals surface area contributed by atoms with Gasteiger partial charge < -0.3 is 10.2 Å². The van der Waals surface area contributed by atoms with Crippen molar-refractivity contribution in [3.8, 4) is 0 Å². The van der Waals surface area contributed by atoms with Crippen LogP contribution in [0.3, 0.4) is 0 Å². The lowest BCUT2D eigenvalue weighted by molar-refractivity contribution is 0.329. The molecule has 1 saturated carbocycles. The summed E-state index contributed by atoms with van der Waals surface area (Å²) in [6, 6.07) is 5.52. The van der Waals surface area contributed by atoms with Crippen LogP contribution < -0.4 is 10.2 Å². The van der Waals surface area contributed by atoms with E-state index in [1.807, 2.05) is 6.20 Å². The normalized spacial score (nSPS) is 17.3. The Hall–Kier alpha value is -1.09. The second kappa shape index (κ2) is 5.49. The van der Waals surface area contributed by atoms with E-state index in [1.54, 1.807) is 0 Å². The Kier molecular flexibility index (Phi) is 4.14. The molecule has 1 atom stereocenters. The fraction of sp³-hybridized carbons (Fsp3) is 0.688. The molecule has 1 aromatic rings. The van der Waals surface area contributed by atoms with Gasteiger partial charge in [-0.2, -0.15) is 0 Å². The van der Waals surface area contributed by atoms with Gasteiger partial charge in [0.1, 0.15) is 0 Å². The molecule has 0 amide bonds. The third-order valence-corrected chi connectivity index (χ3v) is 4.19. The molecule has 0 spiro atoms. The Labute approximate surface area is 117 Å². The summed E-state index contributed by atoms with van der Waals surface area (Å²) in [6.45, 7) is 10.0. The molecule has 1 aliphatic carbocycles. The summed E-state index contributed by atoms with van der Waals surface area (Å²) in [5.74, 6) is 0. The number of aromatic nitrogens is 1. The molecular weight excluding hydrogens is 234 g/mol. The minimum Gasteiger partial charge on any atom is -0.371 e. The van der Waals surface area contributed by atoms with Crippen LogP contribution in [-0.4, -0.2) is 24.1 Å². The second-order valence-corrected chi connectivity index (χ2v) is 6.81. The van der Waals surface area contributed by atoms with Gasteiger partial charge in [-0.15, -0.1) is 0 Å². The highest BCUT2D eigenvalue weighted by atomic mass is 15.1. The average Bonchev–Trinajstić information content (AvgIpc) is 3.18. The van der Waals surface area contributed by atoms with E-state index in [0.29, 0.717) is 6.04 Å². The first kappa shape index (κ1) is 14.3. The van der Waals surface area contributed by atoms with Crippen molar-refractivity contribution >= 4 is 5.69 Å². The van der Waals surface area contributed by atoms with Crippen LogP contribution in [0.2, 0.25) is 0 Å². The molecule has 106 valence electrons. The summed E-state index contributed by atoms with van der Waals surface area (Å²) >= 11 is 0. The fourth-order valence-electron chi connectivity index (χ4n) is 2.12. The van der Waals surface area contributed by atoms with Crippen molar-refractivity contribution in [2.75, 3.05) is 11.9 Å². The van der Waals surface area contributed by atoms with E-state index in [4.69, 9.17) is 0 Å². The third-order valence-electron chi connectivity index (χ3n) is 4.19. The molecule has 1 unspecified atom stereocenters. The Morgan fingerprint density at radius 3 is 2.68 bits per heavy atom. The van der Waals surface area contributed by atoms with Crippen LogP contribution >= 0.6 is 0 Å². The van der Waals surface area contributed by atoms with Gasteiger partial charge in [-0.1, -0.05) is 20.8 Å². The number of nitrogens with one attached hydrogen (secondary N) is 1. The zero-order valence-corrected chi connectivity index (χ0v) is 12.9. The molecule has 0 aliphatic heterocycles. The van der Waals surface area contributed by atoms with E-state index >= 15 is 0 Å². The number of nitrogens with zero attached hydrogens (tertiary/aromatic N) is 2. The van der Waals surface area contributed by atoms with Crippen molar-refractivity contribution in [2.45, 2.75) is 59.2 Å². The van der Waals surface area contributed by atoms with E-state index in [0.717, 1.165) is 18.3 Å². The van der Waals surface area contributed by atoms with Crippen molar-refractivity contribution in [3.63, 3.8) is 0 Å². The lowest BCUT2D eigenvalue weighted by Crippen LogP contribution is -2.39. The molecule has 19 heavy (non-hydrogen) atoms. The predicted octanol–water partition coefficient (Wildman–Crippen LogP) is 3.20. The summed E-state index contributed by atoms with van der Waals surface area (Å²) in [7, 11) is 2.17. The lowest BCUT2D eigenvalue weighted by atomic mass is 9.87. The van der Waals surface area contributed by atoms with Crippen molar-refractivity contribution in [2.24, 2.45) is 5.41 Å². The highest BCUT2D eigenvalue weighted by molar-refractivity contribution is 5.47. The van der Waals surface area contributed by atoms with Gasteiger partial charge >= 0.3 is 0 Å². The Morgan fingerprint density at radius 1 is 1.42 bits per heavy atom. The van der Waals surface area contributed by atoms with Crippen molar-refractivity contribution in [3.05, 3.63) is 24.0 Å². The molecule has 1 aromatic heterocycles. The molecule has 2 rings (SSSR count). The zero-order valence-electron chi connectivity index (χ0n) is 12.9. The highest BCUT2D eigenvalue weighted by Gasteiger charge is 2.24. The van der Waals surface area contributed by atoms with E-state index in [9.17, 15) is 0 Å². The van der Waals surface area contributed by atoms with E-state index in [2.05, 4.69) is 62.1 Å². The molecule has 0 radical (unpaired) electrons. The van der Waals surface area contributed by atoms with Crippen LogP contribution in [-0.2, 0) is 6.54 Å². The summed E-state index contributed by atoms with van der Waals surface area (Å²) in [4.78, 5) is 6.80. The van der Waals surface area contributed by atoms with Crippen molar-refractivity contribution < 1.29 is 0 Å². The van der Waals surface area contributed by atoms with Crippen LogP contribution in [0.1, 0.15) is 46.2 Å². The standard InChI is InChI=1S/C16H27N3/c1-12(16(2,3)4)19(5)15-8-9-17-14(10-15)11-18-13-6-7-13/h8-10,12-13,18H,6-7,11H2,1-5H3. The van der Waals surface area contributed by atoms with Crippen molar-refractivity contribution in [1.29, 1.82) is 0 Å². The van der Waals surface area contributed by atoms with E-state index < -0.39 is 0 Å². The number of rotatable bonds is 5. The van der Waals surface area contributed by atoms with Crippen LogP contribution in [0.15, 0.2) is 18.3 Å². The fourth-order valence-corrected chi connectivity index (χ4v) is 2.12. The zero-order chi connectivity index (χ0) is 14.0. The number of hydrogen-bond donors (Lipinski definition) is 1. The number of hydrogen-bond acceptors (Lipinski definition) is 3. The summed E-state index contributed by atoms with van der Waals surface area (Å²) in [6.07, 6.45) is 4.56. The largest absolute Gasteiger partial charge is 0.371 e. The molecular formula is C16H27N3. The molecule has 3 heteroatoms. The maximum atomic E-state index is 4.45. The first-order valence-electron chi connectivity index (χ1n) is 7.29. The molecule has 3 nitrogen and oxygen atoms in total. The molecule has 0 saturated heterocycles. The topological polar surface area (TPSA) is 28.2 Å². The summed E-state index contributed by atoms with van der Waals surface area (Å²) < 4.78 is 0. The Bertz CT molecular complexity index is 418. The maximum Gasteiger partial charge on any atom is 0.0562 e. The minimum absolute atomic E-state index is 0.268. The Balaban J connectivity index is 2.04. The van der Waals surface area contributed by atoms with Gasteiger partial charge in [0.2, 0.25) is 0 Å². The smallest absolute Gasteiger partial charge is 0.0562 e. The first-order chi connectivity index (χ1) is 8.88. The van der Waals surface area contributed by atoms with Crippen LogP contribution in [0.25, 0.3) is 0 Å². The van der Waals surface area contributed by atoms with Gasteiger partial charge in [-0.05, 0) is 37.3 Å². The van der Waals surface area contributed by atoms with Gasteiger partial charge in [0.15, 0.2) is 0 Å². The molecule has 0 aromatic carbocycles. The number of anilines is 1. The molecule has 0 bridgehead atoms. The highest BCUT2D eigenvalue weighted by Crippen LogP contribution is 2.27. The van der Waals surface area contributed by atoms with Crippen LogP contribution in [0.5, 0.6) is 0 Å². The monoisotopic (exact) mass is 261 g/mol. The second-order valence-electron chi connectivity index (χ2n) is 6.81. The number of pyridine rings is 1. The summed E-state index contributed by atoms with van der Waals surface area (Å²) in [5, 5.41) is 3.52. The van der Waals surface area contributed by atoms with Gasteiger partial charge in [0, 0.05) is 37.6 Å². The van der Waals surface area contributed by atoms with Crippen LogP contribution in [0, 0.1) is 5.41 Å². The maximum absolute atomic E-state index is 4.45. The third kappa shape index (κ3) is 3.93. The molecule has 1 fully saturated rings. The van der Waals surface area contributed by atoms with E-state index in [1.165, 1.54) is 18.5 Å². The molecule has 1 N–H and O–H groups in total. The first-order valence-corrected chi connectivity index (χ1v) is 7.29. The lowest BCUT2D eigenvalue weighted by Gasteiger charge is -2.37. The SMILES string of the molecule is CC(N(C)c1ccnc(CNC2CC2)c1)C(C)(C)C.